The summed E-state index contributed by atoms with van der Waals surface area (Å²) in [7, 11) is 0. The van der Waals surface area contributed by atoms with Crippen LogP contribution in [0.5, 0.6) is 0 Å². The van der Waals surface area contributed by atoms with E-state index < -0.39 is 0 Å². The SMILES string of the molecule is CC(C)CN=C(NCCc1ccco1)N1CCOC(C2CCCO2)C1.I. The van der Waals surface area contributed by atoms with Gasteiger partial charge in [-0.15, -0.1) is 24.0 Å². The second kappa shape index (κ2) is 11.1. The number of furan rings is 1. The summed E-state index contributed by atoms with van der Waals surface area (Å²) in [5, 5.41) is 3.51. The van der Waals surface area contributed by atoms with E-state index in [1.54, 1.807) is 6.26 Å². The molecule has 3 heterocycles. The van der Waals surface area contributed by atoms with Crippen molar-refractivity contribution in [1.82, 2.24) is 10.2 Å². The molecule has 26 heavy (non-hydrogen) atoms. The number of rotatable bonds is 6. The van der Waals surface area contributed by atoms with Gasteiger partial charge >= 0.3 is 0 Å². The Bertz CT molecular complexity index is 530. The summed E-state index contributed by atoms with van der Waals surface area (Å²) < 4.78 is 17.2. The standard InChI is InChI=1S/C19H31N3O3.HI/c1-15(2)13-21-19(20-8-7-16-5-3-10-23-16)22-9-12-25-18(14-22)17-6-4-11-24-17;/h3,5,10,15,17-18H,4,6-9,11-14H2,1-2H3,(H,20,21);1H. The van der Waals surface area contributed by atoms with E-state index in [2.05, 4.69) is 24.1 Å². The molecule has 0 radical (unpaired) electrons. The maximum absolute atomic E-state index is 5.97. The van der Waals surface area contributed by atoms with Crippen molar-refractivity contribution in [2.75, 3.05) is 39.4 Å². The van der Waals surface area contributed by atoms with Crippen molar-refractivity contribution in [3.8, 4) is 0 Å². The van der Waals surface area contributed by atoms with Gasteiger partial charge in [-0.3, -0.25) is 4.99 Å². The monoisotopic (exact) mass is 477 g/mol. The lowest BCUT2D eigenvalue weighted by Crippen LogP contribution is -2.53. The second-order valence-corrected chi connectivity index (χ2v) is 7.22. The van der Waals surface area contributed by atoms with Crippen LogP contribution in [0.4, 0.5) is 0 Å². The molecule has 0 aromatic carbocycles. The Morgan fingerprint density at radius 1 is 1.31 bits per heavy atom. The van der Waals surface area contributed by atoms with Gasteiger partial charge in [0.05, 0.1) is 19.0 Å². The van der Waals surface area contributed by atoms with Crippen molar-refractivity contribution in [2.24, 2.45) is 10.9 Å². The largest absolute Gasteiger partial charge is 0.469 e. The zero-order valence-electron chi connectivity index (χ0n) is 15.9. The van der Waals surface area contributed by atoms with Gasteiger partial charge in [-0.05, 0) is 30.9 Å². The van der Waals surface area contributed by atoms with Crippen LogP contribution < -0.4 is 5.32 Å². The van der Waals surface area contributed by atoms with Crippen molar-refractivity contribution in [2.45, 2.75) is 45.3 Å². The van der Waals surface area contributed by atoms with Gasteiger partial charge in [0, 0.05) is 39.2 Å². The Morgan fingerprint density at radius 3 is 2.85 bits per heavy atom. The van der Waals surface area contributed by atoms with Gasteiger partial charge in [-0.2, -0.15) is 0 Å². The second-order valence-electron chi connectivity index (χ2n) is 7.22. The predicted molar refractivity (Wildman–Crippen MR) is 113 cm³/mol. The topological polar surface area (TPSA) is 59.2 Å². The molecule has 0 bridgehead atoms. The lowest BCUT2D eigenvalue weighted by Gasteiger charge is -2.37. The van der Waals surface area contributed by atoms with E-state index in [0.717, 1.165) is 70.4 Å². The molecule has 2 fully saturated rings. The van der Waals surface area contributed by atoms with Crippen LogP contribution in [0.2, 0.25) is 0 Å². The van der Waals surface area contributed by atoms with E-state index in [0.29, 0.717) is 5.92 Å². The van der Waals surface area contributed by atoms with Crippen molar-refractivity contribution >= 4 is 29.9 Å². The van der Waals surface area contributed by atoms with Gasteiger partial charge in [-0.1, -0.05) is 13.8 Å². The van der Waals surface area contributed by atoms with Crippen LogP contribution in [0.15, 0.2) is 27.8 Å². The molecule has 7 heteroatoms. The van der Waals surface area contributed by atoms with Gasteiger partial charge in [0.2, 0.25) is 0 Å². The Hall–Kier alpha value is -0.800. The molecule has 0 saturated carbocycles. The van der Waals surface area contributed by atoms with Crippen LogP contribution in [-0.4, -0.2) is 62.5 Å². The fourth-order valence-electron chi connectivity index (χ4n) is 3.28. The van der Waals surface area contributed by atoms with E-state index in [1.807, 2.05) is 12.1 Å². The average Bonchev–Trinajstić information content (AvgIpc) is 3.31. The maximum atomic E-state index is 5.97. The fraction of sp³-hybridized carbons (Fsp3) is 0.737. The van der Waals surface area contributed by atoms with E-state index in [9.17, 15) is 0 Å². The van der Waals surface area contributed by atoms with Crippen LogP contribution in [0.25, 0.3) is 0 Å². The van der Waals surface area contributed by atoms with Crippen LogP contribution >= 0.6 is 24.0 Å². The van der Waals surface area contributed by atoms with Gasteiger partial charge in [0.25, 0.3) is 0 Å². The highest BCUT2D eigenvalue weighted by Gasteiger charge is 2.32. The Kier molecular flexibility index (Phi) is 9.21. The molecule has 2 saturated heterocycles. The molecule has 148 valence electrons. The van der Waals surface area contributed by atoms with E-state index in [1.165, 1.54) is 0 Å². The highest BCUT2D eigenvalue weighted by Crippen LogP contribution is 2.21. The van der Waals surface area contributed by atoms with Crippen molar-refractivity contribution in [1.29, 1.82) is 0 Å². The summed E-state index contributed by atoms with van der Waals surface area (Å²) >= 11 is 0. The number of hydrogen-bond donors (Lipinski definition) is 1. The number of morpholine rings is 1. The minimum absolute atomic E-state index is 0. The summed E-state index contributed by atoms with van der Waals surface area (Å²) in [5.41, 5.74) is 0. The third kappa shape index (κ3) is 6.42. The number of nitrogens with zero attached hydrogens (tertiary/aromatic N) is 2. The first-order valence-electron chi connectivity index (χ1n) is 9.51. The number of halogens is 1. The predicted octanol–water partition coefficient (Wildman–Crippen LogP) is 2.92. The van der Waals surface area contributed by atoms with Crippen molar-refractivity contribution in [3.05, 3.63) is 24.2 Å². The Labute approximate surface area is 173 Å². The third-order valence-electron chi connectivity index (χ3n) is 4.61. The number of aliphatic imine (C=N–C) groups is 1. The van der Waals surface area contributed by atoms with Gasteiger partial charge in [-0.25, -0.2) is 0 Å². The third-order valence-corrected chi connectivity index (χ3v) is 4.61. The van der Waals surface area contributed by atoms with Crippen molar-refractivity contribution in [3.63, 3.8) is 0 Å². The molecule has 2 atom stereocenters. The van der Waals surface area contributed by atoms with E-state index in [4.69, 9.17) is 18.9 Å². The van der Waals surface area contributed by atoms with Crippen LogP contribution in [0.3, 0.4) is 0 Å². The molecule has 2 unspecified atom stereocenters. The minimum Gasteiger partial charge on any atom is -0.469 e. The Morgan fingerprint density at radius 2 is 2.15 bits per heavy atom. The fourth-order valence-corrected chi connectivity index (χ4v) is 3.28. The zero-order chi connectivity index (χ0) is 17.5. The lowest BCUT2D eigenvalue weighted by atomic mass is 10.1. The van der Waals surface area contributed by atoms with Crippen LogP contribution in [0, 0.1) is 5.92 Å². The number of guanidine groups is 1. The summed E-state index contributed by atoms with van der Waals surface area (Å²) in [6.45, 7) is 9.32. The summed E-state index contributed by atoms with van der Waals surface area (Å²) in [4.78, 5) is 7.15. The van der Waals surface area contributed by atoms with Crippen LogP contribution in [0.1, 0.15) is 32.4 Å². The molecule has 3 rings (SSSR count). The number of hydrogen-bond acceptors (Lipinski definition) is 4. The molecule has 1 aromatic rings. The summed E-state index contributed by atoms with van der Waals surface area (Å²) in [6.07, 6.45) is 5.19. The van der Waals surface area contributed by atoms with E-state index in [-0.39, 0.29) is 36.2 Å². The smallest absolute Gasteiger partial charge is 0.194 e. The zero-order valence-corrected chi connectivity index (χ0v) is 18.2. The normalized spacial score (nSPS) is 24.0. The first-order valence-corrected chi connectivity index (χ1v) is 9.51. The minimum atomic E-state index is 0. The number of nitrogens with one attached hydrogen (secondary N) is 1. The molecule has 0 spiro atoms. The summed E-state index contributed by atoms with van der Waals surface area (Å²) in [6, 6.07) is 3.94. The first-order chi connectivity index (χ1) is 12.2. The Balaban J connectivity index is 0.00000243. The molecular formula is C19H32IN3O3. The van der Waals surface area contributed by atoms with Gasteiger partial charge in [0.1, 0.15) is 11.9 Å². The van der Waals surface area contributed by atoms with Crippen molar-refractivity contribution < 1.29 is 13.9 Å². The molecule has 0 aliphatic carbocycles. The highest BCUT2D eigenvalue weighted by atomic mass is 127. The molecular weight excluding hydrogens is 445 g/mol. The number of ether oxygens (including phenoxy) is 2. The highest BCUT2D eigenvalue weighted by molar-refractivity contribution is 14.0. The van der Waals surface area contributed by atoms with Gasteiger partial charge < -0.3 is 24.1 Å². The molecule has 0 amide bonds. The molecule has 2 aliphatic heterocycles. The molecule has 2 aliphatic rings. The molecule has 6 nitrogen and oxygen atoms in total. The summed E-state index contributed by atoms with van der Waals surface area (Å²) in [5.74, 6) is 2.51. The molecule has 1 aromatic heterocycles. The lowest BCUT2D eigenvalue weighted by molar-refractivity contribution is -0.0817. The van der Waals surface area contributed by atoms with Crippen LogP contribution in [-0.2, 0) is 15.9 Å². The van der Waals surface area contributed by atoms with Gasteiger partial charge in [0.15, 0.2) is 5.96 Å². The molecule has 1 N–H and O–H groups in total. The van der Waals surface area contributed by atoms with E-state index >= 15 is 0 Å². The maximum Gasteiger partial charge on any atom is 0.194 e. The average molecular weight is 477 g/mol. The quantitative estimate of drug-likeness (QED) is 0.388. The first kappa shape index (κ1) is 21.5.